The predicted molar refractivity (Wildman–Crippen MR) is 128 cm³/mol. The molecule has 0 spiro atoms. The quantitative estimate of drug-likeness (QED) is 0.451. The molecule has 30 heavy (non-hydrogen) atoms. The zero-order valence-electron chi connectivity index (χ0n) is 17.3. The average Bonchev–Trinajstić information content (AvgIpc) is 2.76. The third-order valence-electron chi connectivity index (χ3n) is 4.77. The lowest BCUT2D eigenvalue weighted by atomic mass is 10.1. The van der Waals surface area contributed by atoms with E-state index in [9.17, 15) is 0 Å². The second-order valence-electron chi connectivity index (χ2n) is 6.89. The van der Waals surface area contributed by atoms with Gasteiger partial charge in [-0.3, -0.25) is 0 Å². The number of hydrogen-bond donors (Lipinski definition) is 1. The van der Waals surface area contributed by atoms with E-state index in [4.69, 9.17) is 33.3 Å². The van der Waals surface area contributed by atoms with Crippen molar-refractivity contribution in [3.8, 4) is 11.5 Å². The summed E-state index contributed by atoms with van der Waals surface area (Å²) in [6.07, 6.45) is 0. The summed E-state index contributed by atoms with van der Waals surface area (Å²) in [5.41, 5.74) is 4.02. The van der Waals surface area contributed by atoms with E-state index in [1.165, 1.54) is 0 Å². The summed E-state index contributed by atoms with van der Waals surface area (Å²) in [5, 5.41) is 4.62. The molecule has 0 atom stereocenters. The highest BCUT2D eigenvalue weighted by atomic mass is 35.5. The molecule has 1 N–H and O–H groups in total. The van der Waals surface area contributed by atoms with E-state index in [2.05, 4.69) is 22.3 Å². The van der Waals surface area contributed by atoms with Crippen LogP contribution < -0.4 is 14.8 Å². The highest BCUT2D eigenvalue weighted by Crippen LogP contribution is 2.32. The first-order chi connectivity index (χ1) is 14.5. The average molecular weight is 441 g/mol. The monoisotopic (exact) mass is 440 g/mol. The van der Waals surface area contributed by atoms with Crippen molar-refractivity contribution in [3.05, 3.63) is 88.4 Å². The predicted octanol–water partition coefficient (Wildman–Crippen LogP) is 6.06. The van der Waals surface area contributed by atoms with E-state index in [0.29, 0.717) is 34.7 Å². The van der Waals surface area contributed by atoms with Crippen LogP contribution >= 0.6 is 23.8 Å². The fraction of sp³-hybridized carbons (Fsp3) is 0.208. The van der Waals surface area contributed by atoms with E-state index < -0.39 is 0 Å². The minimum Gasteiger partial charge on any atom is -0.493 e. The van der Waals surface area contributed by atoms with Crippen LogP contribution in [-0.2, 0) is 13.1 Å². The highest BCUT2D eigenvalue weighted by Gasteiger charge is 2.17. The first kappa shape index (κ1) is 21.9. The summed E-state index contributed by atoms with van der Waals surface area (Å²) < 4.78 is 11.1. The molecule has 0 radical (unpaired) electrons. The van der Waals surface area contributed by atoms with Crippen LogP contribution in [0, 0.1) is 6.92 Å². The van der Waals surface area contributed by atoms with E-state index in [1.807, 2.05) is 61.5 Å². The first-order valence-corrected chi connectivity index (χ1v) is 10.4. The largest absolute Gasteiger partial charge is 0.493 e. The number of thiocarbonyl (C=S) groups is 1. The van der Waals surface area contributed by atoms with Crippen molar-refractivity contribution >= 4 is 34.6 Å². The minimum absolute atomic E-state index is 0.556. The number of para-hydroxylation sites is 1. The SMILES string of the molecule is COc1cccc(CN(Cc2ccccc2)C(=S)Nc2ccc(C)c(Cl)c2)c1OC. The molecular weight excluding hydrogens is 416 g/mol. The Kier molecular flexibility index (Phi) is 7.55. The number of rotatable bonds is 7. The molecule has 0 bridgehead atoms. The van der Waals surface area contributed by atoms with E-state index in [1.54, 1.807) is 14.2 Å². The standard InChI is InChI=1S/C24H25ClN2O2S/c1-17-12-13-20(14-21(17)25)26-24(30)27(15-18-8-5-4-6-9-18)16-19-10-7-11-22(28-2)23(19)29-3/h4-14H,15-16H2,1-3H3,(H,26,30). The molecule has 0 fully saturated rings. The van der Waals surface area contributed by atoms with Gasteiger partial charge in [-0.25, -0.2) is 0 Å². The molecule has 0 aromatic heterocycles. The van der Waals surface area contributed by atoms with Gasteiger partial charge >= 0.3 is 0 Å². The third kappa shape index (κ3) is 5.43. The van der Waals surface area contributed by atoms with Crippen molar-refractivity contribution in [2.75, 3.05) is 19.5 Å². The van der Waals surface area contributed by atoms with Crippen LogP contribution in [0.1, 0.15) is 16.7 Å². The lowest BCUT2D eigenvalue weighted by molar-refractivity contribution is 0.341. The second kappa shape index (κ2) is 10.3. The zero-order valence-corrected chi connectivity index (χ0v) is 18.9. The fourth-order valence-corrected chi connectivity index (χ4v) is 3.59. The first-order valence-electron chi connectivity index (χ1n) is 9.57. The maximum absolute atomic E-state index is 6.28. The summed E-state index contributed by atoms with van der Waals surface area (Å²) in [6.45, 7) is 3.18. The van der Waals surface area contributed by atoms with Crippen molar-refractivity contribution in [1.29, 1.82) is 0 Å². The number of benzene rings is 3. The van der Waals surface area contributed by atoms with Crippen LogP contribution in [-0.4, -0.2) is 24.2 Å². The topological polar surface area (TPSA) is 33.7 Å². The number of ether oxygens (including phenoxy) is 2. The van der Waals surface area contributed by atoms with Gasteiger partial charge in [0, 0.05) is 29.4 Å². The molecule has 0 heterocycles. The van der Waals surface area contributed by atoms with Crippen LogP contribution in [0.5, 0.6) is 11.5 Å². The maximum Gasteiger partial charge on any atom is 0.174 e. The number of anilines is 1. The minimum atomic E-state index is 0.556. The normalized spacial score (nSPS) is 10.4. The Morgan fingerprint density at radius 1 is 0.967 bits per heavy atom. The Bertz CT molecular complexity index is 1010. The van der Waals surface area contributed by atoms with Crippen LogP contribution in [0.4, 0.5) is 5.69 Å². The van der Waals surface area contributed by atoms with Crippen molar-refractivity contribution in [3.63, 3.8) is 0 Å². The van der Waals surface area contributed by atoms with Crippen LogP contribution in [0.25, 0.3) is 0 Å². The van der Waals surface area contributed by atoms with E-state index in [0.717, 1.165) is 22.4 Å². The van der Waals surface area contributed by atoms with Gasteiger partial charge in [0.2, 0.25) is 0 Å². The van der Waals surface area contributed by atoms with Crippen LogP contribution in [0.3, 0.4) is 0 Å². The summed E-state index contributed by atoms with van der Waals surface area (Å²) in [7, 11) is 3.28. The van der Waals surface area contributed by atoms with Gasteiger partial charge < -0.3 is 19.7 Å². The number of nitrogens with zero attached hydrogens (tertiary/aromatic N) is 1. The molecule has 0 aliphatic rings. The molecule has 0 unspecified atom stereocenters. The highest BCUT2D eigenvalue weighted by molar-refractivity contribution is 7.80. The van der Waals surface area contributed by atoms with Gasteiger partial charge in [0.05, 0.1) is 14.2 Å². The van der Waals surface area contributed by atoms with Crippen LogP contribution in [0.2, 0.25) is 5.02 Å². The molecule has 3 aromatic rings. The molecule has 0 aliphatic carbocycles. The molecule has 0 saturated heterocycles. The molecule has 4 nitrogen and oxygen atoms in total. The Labute approximate surface area is 188 Å². The van der Waals surface area contributed by atoms with Gasteiger partial charge in [0.15, 0.2) is 16.6 Å². The van der Waals surface area contributed by atoms with Gasteiger partial charge in [-0.1, -0.05) is 60.1 Å². The number of methoxy groups -OCH3 is 2. The van der Waals surface area contributed by atoms with Crippen molar-refractivity contribution in [1.82, 2.24) is 4.90 Å². The number of nitrogens with one attached hydrogen (secondary N) is 1. The molecule has 3 aromatic carbocycles. The van der Waals surface area contributed by atoms with Crippen molar-refractivity contribution < 1.29 is 9.47 Å². The van der Waals surface area contributed by atoms with Gasteiger partial charge in [-0.15, -0.1) is 0 Å². The second-order valence-corrected chi connectivity index (χ2v) is 7.68. The van der Waals surface area contributed by atoms with Gasteiger partial charge in [-0.2, -0.15) is 0 Å². The Morgan fingerprint density at radius 2 is 1.73 bits per heavy atom. The number of aryl methyl sites for hydroxylation is 1. The molecule has 0 amide bonds. The smallest absolute Gasteiger partial charge is 0.174 e. The van der Waals surface area contributed by atoms with Crippen molar-refractivity contribution in [2.24, 2.45) is 0 Å². The van der Waals surface area contributed by atoms with E-state index >= 15 is 0 Å². The summed E-state index contributed by atoms with van der Waals surface area (Å²) in [6, 6.07) is 21.9. The Balaban J connectivity index is 1.88. The number of hydrogen-bond acceptors (Lipinski definition) is 3. The molecule has 3 rings (SSSR count). The van der Waals surface area contributed by atoms with Crippen molar-refractivity contribution in [2.45, 2.75) is 20.0 Å². The summed E-state index contributed by atoms with van der Waals surface area (Å²) in [5.74, 6) is 1.40. The fourth-order valence-electron chi connectivity index (χ4n) is 3.16. The zero-order chi connectivity index (χ0) is 21.5. The lowest BCUT2D eigenvalue weighted by Crippen LogP contribution is -2.34. The molecular formula is C24H25ClN2O2S. The number of halogens is 1. The molecule has 0 saturated carbocycles. The Morgan fingerprint density at radius 3 is 2.40 bits per heavy atom. The molecule has 6 heteroatoms. The lowest BCUT2D eigenvalue weighted by Gasteiger charge is -2.27. The van der Waals surface area contributed by atoms with Gasteiger partial charge in [0.25, 0.3) is 0 Å². The summed E-state index contributed by atoms with van der Waals surface area (Å²) in [4.78, 5) is 2.09. The van der Waals surface area contributed by atoms with Crippen LogP contribution in [0.15, 0.2) is 66.7 Å². The molecule has 156 valence electrons. The van der Waals surface area contributed by atoms with Gasteiger partial charge in [0.1, 0.15) is 0 Å². The molecule has 0 aliphatic heterocycles. The van der Waals surface area contributed by atoms with Gasteiger partial charge in [-0.05, 0) is 48.5 Å². The van der Waals surface area contributed by atoms with E-state index in [-0.39, 0.29) is 0 Å². The summed E-state index contributed by atoms with van der Waals surface area (Å²) >= 11 is 12.1. The third-order valence-corrected chi connectivity index (χ3v) is 5.54. The Hall–Kier alpha value is -2.76. The maximum atomic E-state index is 6.28.